The summed E-state index contributed by atoms with van der Waals surface area (Å²) in [6.07, 6.45) is 1.12. The van der Waals surface area contributed by atoms with Crippen molar-refractivity contribution < 1.29 is 19.1 Å². The van der Waals surface area contributed by atoms with Gasteiger partial charge in [0.15, 0.2) is 4.80 Å². The molecule has 0 N–H and O–H groups in total. The molecule has 0 saturated heterocycles. The molecule has 0 aliphatic carbocycles. The van der Waals surface area contributed by atoms with Crippen molar-refractivity contribution in [3.05, 3.63) is 23.0 Å². The molecule has 0 unspecified atom stereocenters. The number of rotatable bonds is 6. The Hall–Kier alpha value is -2.15. The number of carbonyl (C=O) groups excluding carboxylic acids is 2. The zero-order chi connectivity index (χ0) is 16.8. The average Bonchev–Trinajstić information content (AvgIpc) is 2.84. The Morgan fingerprint density at radius 3 is 2.74 bits per heavy atom. The Kier molecular flexibility index (Phi) is 5.92. The fraction of sp³-hybridized carbons (Fsp3) is 0.438. The minimum atomic E-state index is -0.386. The Morgan fingerprint density at radius 1 is 1.30 bits per heavy atom. The Bertz CT molecular complexity index is 776. The summed E-state index contributed by atoms with van der Waals surface area (Å²) >= 11 is 1.36. The number of methoxy groups -OCH3 is 1. The molecule has 0 saturated carbocycles. The van der Waals surface area contributed by atoms with Crippen LogP contribution in [0.2, 0.25) is 0 Å². The van der Waals surface area contributed by atoms with Crippen molar-refractivity contribution in [2.75, 3.05) is 13.7 Å². The number of esters is 1. The lowest BCUT2D eigenvalue weighted by Gasteiger charge is -2.05. The highest BCUT2D eigenvalue weighted by atomic mass is 32.1. The van der Waals surface area contributed by atoms with Crippen LogP contribution in [0, 0.1) is 0 Å². The molecule has 7 heteroatoms. The molecule has 1 aromatic carbocycles. The second-order valence-corrected chi connectivity index (χ2v) is 5.87. The molecule has 23 heavy (non-hydrogen) atoms. The first-order valence-electron chi connectivity index (χ1n) is 7.49. The average molecular weight is 336 g/mol. The fourth-order valence-corrected chi connectivity index (χ4v) is 3.19. The highest BCUT2D eigenvalue weighted by Crippen LogP contribution is 2.23. The zero-order valence-corrected chi connectivity index (χ0v) is 14.3. The molecule has 0 radical (unpaired) electrons. The van der Waals surface area contributed by atoms with Gasteiger partial charge in [0, 0.05) is 6.42 Å². The van der Waals surface area contributed by atoms with E-state index in [1.807, 2.05) is 32.0 Å². The second-order valence-electron chi connectivity index (χ2n) is 4.86. The molecule has 1 aromatic heterocycles. The standard InChI is InChI=1S/C16H20N2O4S/c1-4-6-14(19)17-16-18(10-15(20)21-3)12-8-7-11(22-5-2)9-13(12)23-16/h7-9H,4-6,10H2,1-3H3. The predicted octanol–water partition coefficient (Wildman–Crippen LogP) is 2.50. The summed E-state index contributed by atoms with van der Waals surface area (Å²) in [7, 11) is 1.34. The monoisotopic (exact) mass is 336 g/mol. The molecule has 0 aliphatic heterocycles. The Balaban J connectivity index is 2.55. The zero-order valence-electron chi connectivity index (χ0n) is 13.5. The van der Waals surface area contributed by atoms with Gasteiger partial charge in [-0.1, -0.05) is 18.3 Å². The van der Waals surface area contributed by atoms with E-state index in [0.717, 1.165) is 22.4 Å². The quantitative estimate of drug-likeness (QED) is 0.760. The lowest BCUT2D eigenvalue weighted by molar-refractivity contribution is -0.141. The van der Waals surface area contributed by atoms with Crippen LogP contribution in [-0.4, -0.2) is 30.2 Å². The van der Waals surface area contributed by atoms with Crippen LogP contribution < -0.4 is 9.54 Å². The molecule has 2 aromatic rings. The van der Waals surface area contributed by atoms with Gasteiger partial charge in [-0.25, -0.2) is 0 Å². The third-order valence-electron chi connectivity index (χ3n) is 3.16. The summed E-state index contributed by atoms with van der Waals surface area (Å²) in [6, 6.07) is 5.59. The number of thiazole rings is 1. The van der Waals surface area contributed by atoms with Crippen LogP contribution in [0.5, 0.6) is 5.75 Å². The van der Waals surface area contributed by atoms with E-state index in [1.165, 1.54) is 18.4 Å². The van der Waals surface area contributed by atoms with Crippen LogP contribution >= 0.6 is 11.3 Å². The minimum Gasteiger partial charge on any atom is -0.494 e. The highest BCUT2D eigenvalue weighted by Gasteiger charge is 2.12. The molecule has 1 heterocycles. The van der Waals surface area contributed by atoms with Gasteiger partial charge in [-0.15, -0.1) is 0 Å². The van der Waals surface area contributed by atoms with Crippen LogP contribution in [0.3, 0.4) is 0 Å². The summed E-state index contributed by atoms with van der Waals surface area (Å²) in [5.74, 6) is 0.170. The van der Waals surface area contributed by atoms with Crippen molar-refractivity contribution in [1.82, 2.24) is 4.57 Å². The van der Waals surface area contributed by atoms with E-state index in [9.17, 15) is 9.59 Å². The molecule has 0 spiro atoms. The van der Waals surface area contributed by atoms with Gasteiger partial charge in [0.25, 0.3) is 0 Å². The van der Waals surface area contributed by atoms with Crippen molar-refractivity contribution >= 4 is 33.4 Å². The molecule has 124 valence electrons. The number of fused-ring (bicyclic) bond motifs is 1. The van der Waals surface area contributed by atoms with Gasteiger partial charge in [-0.05, 0) is 31.5 Å². The number of aromatic nitrogens is 1. The maximum atomic E-state index is 11.9. The van der Waals surface area contributed by atoms with Gasteiger partial charge < -0.3 is 14.0 Å². The van der Waals surface area contributed by atoms with Gasteiger partial charge in [-0.3, -0.25) is 9.59 Å². The fourth-order valence-electron chi connectivity index (χ4n) is 2.12. The normalized spacial score (nSPS) is 11.7. The van der Waals surface area contributed by atoms with Crippen LogP contribution in [0.15, 0.2) is 23.2 Å². The molecule has 0 bridgehead atoms. The van der Waals surface area contributed by atoms with Gasteiger partial charge in [0.2, 0.25) is 5.91 Å². The molecule has 6 nitrogen and oxygen atoms in total. The van der Waals surface area contributed by atoms with Crippen LogP contribution in [0.25, 0.3) is 10.2 Å². The van der Waals surface area contributed by atoms with Gasteiger partial charge in [-0.2, -0.15) is 4.99 Å². The summed E-state index contributed by atoms with van der Waals surface area (Å²) < 4.78 is 12.8. The van der Waals surface area contributed by atoms with Crippen molar-refractivity contribution in [1.29, 1.82) is 0 Å². The highest BCUT2D eigenvalue weighted by molar-refractivity contribution is 7.16. The maximum absolute atomic E-state index is 11.9. The molecule has 2 rings (SSSR count). The van der Waals surface area contributed by atoms with E-state index in [2.05, 4.69) is 4.99 Å². The van der Waals surface area contributed by atoms with Crippen molar-refractivity contribution in [2.45, 2.75) is 33.2 Å². The lowest BCUT2D eigenvalue weighted by atomic mass is 10.3. The summed E-state index contributed by atoms with van der Waals surface area (Å²) in [5.41, 5.74) is 0.826. The third-order valence-corrected chi connectivity index (χ3v) is 4.21. The number of hydrogen-bond donors (Lipinski definition) is 0. The molecule has 0 aliphatic rings. The third kappa shape index (κ3) is 4.19. The second kappa shape index (κ2) is 7.92. The van der Waals surface area contributed by atoms with E-state index in [-0.39, 0.29) is 18.4 Å². The smallest absolute Gasteiger partial charge is 0.325 e. The van der Waals surface area contributed by atoms with Gasteiger partial charge >= 0.3 is 5.97 Å². The summed E-state index contributed by atoms with van der Waals surface area (Å²) in [6.45, 7) is 4.43. The first-order valence-corrected chi connectivity index (χ1v) is 8.31. The van der Waals surface area contributed by atoms with Crippen molar-refractivity contribution in [3.8, 4) is 5.75 Å². The minimum absolute atomic E-state index is 0.0166. The molecular formula is C16H20N2O4S. The van der Waals surface area contributed by atoms with E-state index in [0.29, 0.717) is 17.8 Å². The Labute approximate surface area is 138 Å². The number of amides is 1. The number of ether oxygens (including phenoxy) is 2. The van der Waals surface area contributed by atoms with E-state index < -0.39 is 0 Å². The molecular weight excluding hydrogens is 316 g/mol. The largest absolute Gasteiger partial charge is 0.494 e. The van der Waals surface area contributed by atoms with Crippen molar-refractivity contribution in [2.24, 2.45) is 4.99 Å². The number of carbonyl (C=O) groups is 2. The molecule has 0 fully saturated rings. The van der Waals surface area contributed by atoms with Gasteiger partial charge in [0.1, 0.15) is 12.3 Å². The summed E-state index contributed by atoms with van der Waals surface area (Å²) in [4.78, 5) is 28.2. The first kappa shape index (κ1) is 17.2. The first-order chi connectivity index (χ1) is 11.1. The number of hydrogen-bond acceptors (Lipinski definition) is 5. The van der Waals surface area contributed by atoms with Crippen molar-refractivity contribution in [3.63, 3.8) is 0 Å². The molecule has 0 atom stereocenters. The van der Waals surface area contributed by atoms with E-state index in [4.69, 9.17) is 9.47 Å². The predicted molar refractivity (Wildman–Crippen MR) is 88.5 cm³/mol. The number of benzene rings is 1. The number of nitrogens with zero attached hydrogens (tertiary/aromatic N) is 2. The van der Waals surface area contributed by atoms with Crippen LogP contribution in [0.1, 0.15) is 26.7 Å². The lowest BCUT2D eigenvalue weighted by Crippen LogP contribution is -2.22. The Morgan fingerprint density at radius 2 is 2.09 bits per heavy atom. The summed E-state index contributed by atoms with van der Waals surface area (Å²) in [5, 5.41) is 0. The van der Waals surface area contributed by atoms with Gasteiger partial charge in [0.05, 0.1) is 23.9 Å². The maximum Gasteiger partial charge on any atom is 0.325 e. The van der Waals surface area contributed by atoms with Crippen LogP contribution in [-0.2, 0) is 20.9 Å². The topological polar surface area (TPSA) is 69.9 Å². The van der Waals surface area contributed by atoms with E-state index >= 15 is 0 Å². The molecule has 1 amide bonds. The van der Waals surface area contributed by atoms with E-state index in [1.54, 1.807) is 4.57 Å². The SMILES string of the molecule is CCCC(=O)N=c1sc2cc(OCC)ccc2n1CC(=O)OC. The van der Waals surface area contributed by atoms with Crippen LogP contribution in [0.4, 0.5) is 0 Å².